The minimum Gasteiger partial charge on any atom is -0.398 e. The van der Waals surface area contributed by atoms with E-state index in [1.165, 1.54) is 12.1 Å². The smallest absolute Gasteiger partial charge is 0.0458 e. The number of nitrogen functional groups attached to an aromatic ring is 1. The maximum atomic E-state index is 5.81. The Bertz CT molecular complexity index is 408. The molecule has 1 unspecified atom stereocenters. The lowest BCUT2D eigenvalue weighted by Crippen LogP contribution is -2.51. The number of nitrogens with two attached hydrogens (primary N) is 1. The number of piperazine rings is 1. The number of halogens is 1. The molecule has 1 atom stereocenters. The van der Waals surface area contributed by atoms with Gasteiger partial charge in [0.05, 0.1) is 0 Å². The molecule has 1 aliphatic heterocycles. The van der Waals surface area contributed by atoms with Gasteiger partial charge in [-0.15, -0.1) is 0 Å². The fourth-order valence-corrected chi connectivity index (χ4v) is 3.04. The molecule has 2 N–H and O–H groups in total. The van der Waals surface area contributed by atoms with Crippen molar-refractivity contribution in [1.29, 1.82) is 0 Å². The largest absolute Gasteiger partial charge is 0.398 e. The van der Waals surface area contributed by atoms with Crippen molar-refractivity contribution in [2.45, 2.75) is 26.4 Å². The number of rotatable bonds is 3. The molecule has 1 heterocycles. The van der Waals surface area contributed by atoms with Crippen LogP contribution in [0, 0.1) is 0 Å². The van der Waals surface area contributed by atoms with E-state index in [9.17, 15) is 0 Å². The first-order valence-electron chi connectivity index (χ1n) is 6.60. The molecule has 4 heteroatoms. The highest BCUT2D eigenvalue weighted by Crippen LogP contribution is 2.22. The first-order valence-corrected chi connectivity index (χ1v) is 7.39. The van der Waals surface area contributed by atoms with Crippen LogP contribution in [0.1, 0.15) is 19.4 Å². The first-order chi connectivity index (χ1) is 8.60. The van der Waals surface area contributed by atoms with Gasteiger partial charge in [0.25, 0.3) is 0 Å². The molecule has 1 aromatic carbocycles. The molecule has 0 aromatic heterocycles. The molecule has 1 fully saturated rings. The average Bonchev–Trinajstić information content (AvgIpc) is 2.34. The van der Waals surface area contributed by atoms with E-state index < -0.39 is 0 Å². The molecule has 1 aromatic rings. The van der Waals surface area contributed by atoms with Crippen molar-refractivity contribution in [1.82, 2.24) is 9.80 Å². The maximum Gasteiger partial charge on any atom is 0.0458 e. The van der Waals surface area contributed by atoms with Gasteiger partial charge in [-0.05, 0) is 47.1 Å². The second-order valence-corrected chi connectivity index (χ2v) is 5.92. The maximum absolute atomic E-state index is 5.81. The number of nitrogens with zero attached hydrogens (tertiary/aromatic N) is 2. The SMILES string of the molecule is CCN1CCN(Cc2ccc(N)c(Br)c2)CC1C. The molecule has 3 nitrogen and oxygen atoms in total. The molecular formula is C14H22BrN3. The molecular weight excluding hydrogens is 290 g/mol. The number of hydrogen-bond donors (Lipinski definition) is 1. The van der Waals surface area contributed by atoms with Crippen LogP contribution in [0.15, 0.2) is 22.7 Å². The molecule has 0 aliphatic carbocycles. The Morgan fingerprint density at radius 1 is 1.39 bits per heavy atom. The highest BCUT2D eigenvalue weighted by molar-refractivity contribution is 9.10. The zero-order valence-corrected chi connectivity index (χ0v) is 12.8. The van der Waals surface area contributed by atoms with Gasteiger partial charge in [0.2, 0.25) is 0 Å². The molecule has 2 rings (SSSR count). The van der Waals surface area contributed by atoms with E-state index in [1.54, 1.807) is 0 Å². The number of hydrogen-bond acceptors (Lipinski definition) is 3. The molecule has 18 heavy (non-hydrogen) atoms. The van der Waals surface area contributed by atoms with Crippen LogP contribution in [-0.2, 0) is 6.54 Å². The molecule has 0 radical (unpaired) electrons. The normalized spacial score (nSPS) is 22.3. The Kier molecular flexibility index (Phi) is 4.65. The zero-order valence-electron chi connectivity index (χ0n) is 11.2. The Morgan fingerprint density at radius 2 is 2.17 bits per heavy atom. The van der Waals surface area contributed by atoms with Crippen LogP contribution in [0.3, 0.4) is 0 Å². The number of anilines is 1. The Balaban J connectivity index is 1.96. The van der Waals surface area contributed by atoms with E-state index in [0.717, 1.165) is 36.3 Å². The average molecular weight is 312 g/mol. The Labute approximate surface area is 118 Å². The second-order valence-electron chi connectivity index (χ2n) is 5.07. The molecule has 0 saturated carbocycles. The summed E-state index contributed by atoms with van der Waals surface area (Å²) in [6, 6.07) is 6.88. The van der Waals surface area contributed by atoms with Crippen LogP contribution in [0.2, 0.25) is 0 Å². The second kappa shape index (κ2) is 6.04. The van der Waals surface area contributed by atoms with Gasteiger partial charge in [-0.25, -0.2) is 0 Å². The van der Waals surface area contributed by atoms with Crippen molar-refractivity contribution < 1.29 is 0 Å². The van der Waals surface area contributed by atoms with Gasteiger partial charge in [0, 0.05) is 42.4 Å². The Hall–Kier alpha value is -0.580. The van der Waals surface area contributed by atoms with Crippen LogP contribution < -0.4 is 5.73 Å². The van der Waals surface area contributed by atoms with Gasteiger partial charge in [0.1, 0.15) is 0 Å². The Morgan fingerprint density at radius 3 is 2.78 bits per heavy atom. The summed E-state index contributed by atoms with van der Waals surface area (Å²) < 4.78 is 1.00. The quantitative estimate of drug-likeness (QED) is 0.871. The van der Waals surface area contributed by atoms with Crippen LogP contribution in [0.4, 0.5) is 5.69 Å². The van der Waals surface area contributed by atoms with Crippen LogP contribution in [0.25, 0.3) is 0 Å². The molecule has 0 bridgehead atoms. The van der Waals surface area contributed by atoms with Gasteiger partial charge in [-0.2, -0.15) is 0 Å². The third kappa shape index (κ3) is 3.25. The van der Waals surface area contributed by atoms with E-state index >= 15 is 0 Å². The van der Waals surface area contributed by atoms with Crippen molar-refractivity contribution in [2.75, 3.05) is 31.9 Å². The predicted molar refractivity (Wildman–Crippen MR) is 80.5 cm³/mol. The van der Waals surface area contributed by atoms with E-state index in [2.05, 4.69) is 51.7 Å². The first kappa shape index (κ1) is 13.8. The molecule has 1 aliphatic rings. The minimum absolute atomic E-state index is 0.654. The van der Waals surface area contributed by atoms with E-state index in [4.69, 9.17) is 5.73 Å². The lowest BCUT2D eigenvalue weighted by molar-refractivity contribution is 0.0834. The van der Waals surface area contributed by atoms with Crippen molar-refractivity contribution >= 4 is 21.6 Å². The van der Waals surface area contributed by atoms with Crippen molar-refractivity contribution in [2.24, 2.45) is 0 Å². The zero-order chi connectivity index (χ0) is 13.1. The molecule has 0 spiro atoms. The summed E-state index contributed by atoms with van der Waals surface area (Å²) in [5.41, 5.74) is 7.95. The summed E-state index contributed by atoms with van der Waals surface area (Å²) in [6.07, 6.45) is 0. The van der Waals surface area contributed by atoms with Gasteiger partial charge < -0.3 is 5.73 Å². The van der Waals surface area contributed by atoms with E-state index in [0.29, 0.717) is 6.04 Å². The molecule has 1 saturated heterocycles. The van der Waals surface area contributed by atoms with Gasteiger partial charge in [-0.1, -0.05) is 13.0 Å². The van der Waals surface area contributed by atoms with Gasteiger partial charge >= 0.3 is 0 Å². The van der Waals surface area contributed by atoms with Gasteiger partial charge in [-0.3, -0.25) is 9.80 Å². The lowest BCUT2D eigenvalue weighted by atomic mass is 10.1. The summed E-state index contributed by atoms with van der Waals surface area (Å²) >= 11 is 3.49. The van der Waals surface area contributed by atoms with Gasteiger partial charge in [0.15, 0.2) is 0 Å². The highest BCUT2D eigenvalue weighted by Gasteiger charge is 2.22. The third-order valence-electron chi connectivity index (χ3n) is 3.73. The minimum atomic E-state index is 0.654. The molecule has 0 amide bonds. The predicted octanol–water partition coefficient (Wildman–Crippen LogP) is 2.56. The summed E-state index contributed by atoms with van der Waals surface area (Å²) in [5.74, 6) is 0. The van der Waals surface area contributed by atoms with Crippen molar-refractivity contribution in [3.8, 4) is 0 Å². The third-order valence-corrected chi connectivity index (χ3v) is 4.41. The van der Waals surface area contributed by atoms with Crippen molar-refractivity contribution in [3.05, 3.63) is 28.2 Å². The summed E-state index contributed by atoms with van der Waals surface area (Å²) in [4.78, 5) is 5.06. The van der Waals surface area contributed by atoms with Crippen LogP contribution >= 0.6 is 15.9 Å². The summed E-state index contributed by atoms with van der Waals surface area (Å²) in [7, 11) is 0. The standard InChI is InChI=1S/C14H22BrN3/c1-3-18-7-6-17(9-11(18)2)10-12-4-5-14(16)13(15)8-12/h4-5,8,11H,3,6-7,9-10,16H2,1-2H3. The number of benzene rings is 1. The number of likely N-dealkylation sites (N-methyl/N-ethyl adjacent to an activating group) is 1. The van der Waals surface area contributed by atoms with Crippen LogP contribution in [-0.4, -0.2) is 42.0 Å². The summed E-state index contributed by atoms with van der Waals surface area (Å²) in [6.45, 7) is 10.2. The van der Waals surface area contributed by atoms with E-state index in [-0.39, 0.29) is 0 Å². The summed E-state index contributed by atoms with van der Waals surface area (Å²) in [5, 5.41) is 0. The topological polar surface area (TPSA) is 32.5 Å². The highest BCUT2D eigenvalue weighted by atomic mass is 79.9. The molecule has 100 valence electrons. The van der Waals surface area contributed by atoms with Crippen LogP contribution in [0.5, 0.6) is 0 Å². The fraction of sp³-hybridized carbons (Fsp3) is 0.571. The van der Waals surface area contributed by atoms with Crippen molar-refractivity contribution in [3.63, 3.8) is 0 Å². The van der Waals surface area contributed by atoms with E-state index in [1.807, 2.05) is 6.07 Å². The monoisotopic (exact) mass is 311 g/mol. The fourth-order valence-electron chi connectivity index (χ4n) is 2.61. The lowest BCUT2D eigenvalue weighted by Gasteiger charge is -2.39.